The molecule has 0 saturated carbocycles. The lowest BCUT2D eigenvalue weighted by molar-refractivity contribution is -0.154. The van der Waals surface area contributed by atoms with E-state index in [1.165, 1.54) is 6.92 Å². The Bertz CT molecular complexity index is 393. The van der Waals surface area contributed by atoms with Gasteiger partial charge in [0.1, 0.15) is 23.8 Å². The van der Waals surface area contributed by atoms with Crippen LogP contribution < -0.4 is 10.6 Å². The zero-order chi connectivity index (χ0) is 16.8. The Morgan fingerprint density at radius 2 is 1.43 bits per heavy atom. The van der Waals surface area contributed by atoms with Crippen molar-refractivity contribution >= 4 is 18.0 Å². The van der Waals surface area contributed by atoms with Crippen LogP contribution in [0.2, 0.25) is 0 Å². The lowest BCUT2D eigenvalue weighted by atomic mass is 10.2. The maximum absolute atomic E-state index is 11.7. The average Bonchev–Trinajstić information content (AvgIpc) is 2.20. The quantitative estimate of drug-likeness (QED) is 0.765. The number of esters is 1. The second kappa shape index (κ2) is 7.28. The molecule has 0 heterocycles. The van der Waals surface area contributed by atoms with Crippen LogP contribution in [0.25, 0.3) is 0 Å². The summed E-state index contributed by atoms with van der Waals surface area (Å²) in [4.78, 5) is 34.7. The molecule has 0 aliphatic rings. The molecule has 2 N–H and O–H groups in total. The van der Waals surface area contributed by atoms with Gasteiger partial charge in [-0.25, -0.2) is 4.79 Å². The summed E-state index contributed by atoms with van der Waals surface area (Å²) in [5.41, 5.74) is -1.25. The fourth-order valence-corrected chi connectivity index (χ4v) is 1.24. The SMILES string of the molecule is C[C@H](NC(=O)OC(C)(C)C)C(=O)NCC(=O)OC(C)(C)C. The summed E-state index contributed by atoms with van der Waals surface area (Å²) in [7, 11) is 0. The average molecular weight is 302 g/mol. The highest BCUT2D eigenvalue weighted by molar-refractivity contribution is 5.88. The van der Waals surface area contributed by atoms with Crippen LogP contribution in [0.3, 0.4) is 0 Å². The minimum atomic E-state index is -0.817. The van der Waals surface area contributed by atoms with Crippen molar-refractivity contribution in [1.29, 1.82) is 0 Å². The van der Waals surface area contributed by atoms with Gasteiger partial charge in [-0.3, -0.25) is 9.59 Å². The number of carbonyl (C=O) groups is 3. The highest BCUT2D eigenvalue weighted by Gasteiger charge is 2.22. The first-order valence-electron chi connectivity index (χ1n) is 6.79. The van der Waals surface area contributed by atoms with Crippen LogP contribution in [0.1, 0.15) is 48.5 Å². The van der Waals surface area contributed by atoms with Gasteiger partial charge in [-0.1, -0.05) is 0 Å². The molecular weight excluding hydrogens is 276 g/mol. The van der Waals surface area contributed by atoms with E-state index in [2.05, 4.69) is 10.6 Å². The number of hydrogen-bond acceptors (Lipinski definition) is 5. The zero-order valence-electron chi connectivity index (χ0n) is 13.8. The number of rotatable bonds is 4. The highest BCUT2D eigenvalue weighted by Crippen LogP contribution is 2.07. The number of carbonyl (C=O) groups excluding carboxylic acids is 3. The van der Waals surface area contributed by atoms with Crippen LogP contribution in [0.4, 0.5) is 4.79 Å². The first kappa shape index (κ1) is 19.2. The molecule has 122 valence electrons. The Morgan fingerprint density at radius 1 is 0.952 bits per heavy atom. The molecule has 0 aromatic carbocycles. The second-order valence-corrected chi connectivity index (χ2v) is 6.67. The van der Waals surface area contributed by atoms with E-state index in [0.717, 1.165) is 0 Å². The monoisotopic (exact) mass is 302 g/mol. The van der Waals surface area contributed by atoms with E-state index >= 15 is 0 Å². The lowest BCUT2D eigenvalue weighted by Gasteiger charge is -2.22. The van der Waals surface area contributed by atoms with E-state index in [4.69, 9.17) is 9.47 Å². The minimum absolute atomic E-state index is 0.254. The van der Waals surface area contributed by atoms with Gasteiger partial charge in [-0.15, -0.1) is 0 Å². The summed E-state index contributed by atoms with van der Waals surface area (Å²) in [5.74, 6) is -1.04. The van der Waals surface area contributed by atoms with Crippen molar-refractivity contribution in [2.75, 3.05) is 6.54 Å². The Labute approximate surface area is 125 Å². The summed E-state index contributed by atoms with van der Waals surface area (Å²) in [6.45, 7) is 11.6. The molecule has 0 radical (unpaired) electrons. The molecule has 0 saturated heterocycles. The number of nitrogens with one attached hydrogen (secondary N) is 2. The molecule has 0 aliphatic heterocycles. The van der Waals surface area contributed by atoms with Crippen molar-refractivity contribution < 1.29 is 23.9 Å². The first-order valence-corrected chi connectivity index (χ1v) is 6.79. The summed E-state index contributed by atoms with van der Waals surface area (Å²) < 4.78 is 10.1. The number of hydrogen-bond donors (Lipinski definition) is 2. The molecule has 0 unspecified atom stereocenters. The summed E-state index contributed by atoms with van der Waals surface area (Å²) >= 11 is 0. The van der Waals surface area contributed by atoms with Crippen molar-refractivity contribution in [3.63, 3.8) is 0 Å². The largest absolute Gasteiger partial charge is 0.459 e. The third-order valence-electron chi connectivity index (χ3n) is 1.95. The van der Waals surface area contributed by atoms with E-state index in [9.17, 15) is 14.4 Å². The molecule has 0 rings (SSSR count). The number of amides is 2. The molecule has 0 aromatic rings. The molecule has 1 atom stereocenters. The molecular formula is C14H26N2O5. The third-order valence-corrected chi connectivity index (χ3v) is 1.95. The third kappa shape index (κ3) is 10.6. The Kier molecular flexibility index (Phi) is 6.66. The van der Waals surface area contributed by atoms with E-state index in [1.807, 2.05) is 0 Å². The van der Waals surface area contributed by atoms with Crippen LogP contribution in [-0.4, -0.2) is 41.8 Å². The van der Waals surface area contributed by atoms with Gasteiger partial charge < -0.3 is 20.1 Å². The van der Waals surface area contributed by atoms with Crippen molar-refractivity contribution in [3.8, 4) is 0 Å². The van der Waals surface area contributed by atoms with Crippen LogP contribution in [0.5, 0.6) is 0 Å². The topological polar surface area (TPSA) is 93.7 Å². The van der Waals surface area contributed by atoms with Crippen LogP contribution in [0.15, 0.2) is 0 Å². The second-order valence-electron chi connectivity index (χ2n) is 6.67. The van der Waals surface area contributed by atoms with Gasteiger partial charge in [0.15, 0.2) is 0 Å². The number of ether oxygens (including phenoxy) is 2. The van der Waals surface area contributed by atoms with Crippen LogP contribution >= 0.6 is 0 Å². The molecule has 21 heavy (non-hydrogen) atoms. The van der Waals surface area contributed by atoms with Crippen LogP contribution in [0, 0.1) is 0 Å². The minimum Gasteiger partial charge on any atom is -0.459 e. The van der Waals surface area contributed by atoms with Gasteiger partial charge in [0, 0.05) is 0 Å². The van der Waals surface area contributed by atoms with Gasteiger partial charge in [-0.2, -0.15) is 0 Å². The van der Waals surface area contributed by atoms with Crippen molar-refractivity contribution in [2.24, 2.45) is 0 Å². The Hall–Kier alpha value is -1.79. The predicted octanol–water partition coefficient (Wildman–Crippen LogP) is 1.36. The van der Waals surface area contributed by atoms with E-state index in [1.54, 1.807) is 41.5 Å². The molecule has 7 nitrogen and oxygen atoms in total. The summed E-state index contributed by atoms with van der Waals surface area (Å²) in [6, 6.07) is -0.817. The fourth-order valence-electron chi connectivity index (χ4n) is 1.24. The van der Waals surface area contributed by atoms with Crippen molar-refractivity contribution in [2.45, 2.75) is 65.7 Å². The summed E-state index contributed by atoms with van der Waals surface area (Å²) in [6.07, 6.45) is -0.692. The molecule has 2 amide bonds. The molecule has 0 fully saturated rings. The maximum Gasteiger partial charge on any atom is 0.408 e. The lowest BCUT2D eigenvalue weighted by Crippen LogP contribution is -2.48. The molecule has 0 aliphatic carbocycles. The van der Waals surface area contributed by atoms with E-state index in [-0.39, 0.29) is 6.54 Å². The van der Waals surface area contributed by atoms with E-state index < -0.39 is 35.2 Å². The predicted molar refractivity (Wildman–Crippen MR) is 77.7 cm³/mol. The van der Waals surface area contributed by atoms with Crippen molar-refractivity contribution in [3.05, 3.63) is 0 Å². The molecule has 0 aromatic heterocycles. The zero-order valence-corrected chi connectivity index (χ0v) is 13.8. The smallest absolute Gasteiger partial charge is 0.408 e. The molecule has 0 spiro atoms. The van der Waals surface area contributed by atoms with Gasteiger partial charge in [0.2, 0.25) is 5.91 Å². The Balaban J connectivity index is 4.17. The van der Waals surface area contributed by atoms with Gasteiger partial charge in [0.25, 0.3) is 0 Å². The standard InChI is InChI=1S/C14H26N2O5/c1-9(16-12(19)21-14(5,6)7)11(18)15-8-10(17)20-13(2,3)4/h9H,8H2,1-7H3,(H,15,18)(H,16,19)/t9-/m0/s1. The first-order chi connectivity index (χ1) is 9.30. The van der Waals surface area contributed by atoms with Crippen molar-refractivity contribution in [1.82, 2.24) is 10.6 Å². The Morgan fingerprint density at radius 3 is 1.86 bits per heavy atom. The normalized spacial score (nSPS) is 13.1. The summed E-state index contributed by atoms with van der Waals surface area (Å²) in [5, 5.41) is 4.77. The van der Waals surface area contributed by atoms with Gasteiger partial charge in [-0.05, 0) is 48.5 Å². The molecule has 0 bridgehead atoms. The molecule has 7 heteroatoms. The van der Waals surface area contributed by atoms with Gasteiger partial charge >= 0.3 is 12.1 Å². The fraction of sp³-hybridized carbons (Fsp3) is 0.786. The highest BCUT2D eigenvalue weighted by atomic mass is 16.6. The maximum atomic E-state index is 11.7. The van der Waals surface area contributed by atoms with Gasteiger partial charge in [0.05, 0.1) is 0 Å². The number of alkyl carbamates (subject to hydrolysis) is 1. The van der Waals surface area contributed by atoms with E-state index in [0.29, 0.717) is 0 Å². The van der Waals surface area contributed by atoms with Crippen LogP contribution in [-0.2, 0) is 19.1 Å².